The Balaban J connectivity index is 2.85. The van der Waals surface area contributed by atoms with Gasteiger partial charge in [0, 0.05) is 6.42 Å². The molecule has 0 radical (unpaired) electrons. The number of hydrogen-bond acceptors (Lipinski definition) is 3. The van der Waals surface area contributed by atoms with E-state index in [-0.39, 0.29) is 0 Å². The molecule has 0 fully saturated rings. The number of rotatable bonds is 3. The van der Waals surface area contributed by atoms with Gasteiger partial charge in [-0.2, -0.15) is 5.10 Å². The molecule has 0 aromatic carbocycles. The summed E-state index contributed by atoms with van der Waals surface area (Å²) >= 11 is 29.4. The van der Waals surface area contributed by atoms with Gasteiger partial charge in [0.25, 0.3) is 0 Å². The first-order valence-electron chi connectivity index (χ1n) is 4.68. The summed E-state index contributed by atoms with van der Waals surface area (Å²) in [5, 5.41) is 4.08. The molecule has 0 amide bonds. The minimum absolute atomic E-state index is 0.322. The van der Waals surface area contributed by atoms with Crippen LogP contribution < -0.4 is 5.43 Å². The van der Waals surface area contributed by atoms with E-state index in [1.807, 2.05) is 0 Å². The van der Waals surface area contributed by atoms with Gasteiger partial charge < -0.3 is 4.90 Å². The van der Waals surface area contributed by atoms with Crippen LogP contribution in [0.3, 0.4) is 0 Å². The van der Waals surface area contributed by atoms with Gasteiger partial charge in [-0.15, -0.1) is 0 Å². The van der Waals surface area contributed by atoms with Crippen molar-refractivity contribution in [2.24, 2.45) is 11.0 Å². The molecule has 1 aliphatic rings. The van der Waals surface area contributed by atoms with Gasteiger partial charge in [-0.1, -0.05) is 71.9 Å². The topological polar surface area (TPSA) is 27.6 Å². The molecule has 0 saturated carbocycles. The molecule has 0 unspecified atom stereocenters. The maximum Gasteiger partial charge on any atom is 0.241 e. The highest BCUT2D eigenvalue weighted by molar-refractivity contribution is 6.75. The van der Waals surface area contributed by atoms with E-state index >= 15 is 0 Å². The van der Waals surface area contributed by atoms with Crippen molar-refractivity contribution >= 4 is 63.8 Å². The molecule has 0 bridgehead atoms. The first kappa shape index (κ1) is 14.8. The number of hydrogen-bond donors (Lipinski definition) is 1. The van der Waals surface area contributed by atoms with E-state index in [0.29, 0.717) is 24.8 Å². The number of nitrogens with zero attached hydrogens (tertiary/aromatic N) is 2. The Morgan fingerprint density at radius 3 is 2.31 bits per heavy atom. The predicted octanol–water partition coefficient (Wildman–Crippen LogP) is 3.71. The largest absolute Gasteiger partial charge is 0.304 e. The molecule has 8 heteroatoms. The van der Waals surface area contributed by atoms with Crippen LogP contribution in [0.4, 0.5) is 0 Å². The summed E-state index contributed by atoms with van der Waals surface area (Å²) in [4.78, 5) is 1.54. The quantitative estimate of drug-likeness (QED) is 0.632. The summed E-state index contributed by atoms with van der Waals surface area (Å²) in [5.74, 6) is 1.09. The van der Waals surface area contributed by atoms with Gasteiger partial charge in [0.15, 0.2) is 0 Å². The maximum atomic E-state index is 6.07. The van der Waals surface area contributed by atoms with Crippen molar-refractivity contribution in [3.63, 3.8) is 0 Å². The highest BCUT2D eigenvalue weighted by atomic mass is 35.6. The molecular formula is C8H12Cl5N3. The number of hydrazone groups is 1. The second kappa shape index (κ2) is 5.15. The molecule has 1 rings (SSSR count). The Kier molecular flexibility index (Phi) is 4.76. The summed E-state index contributed by atoms with van der Waals surface area (Å²) in [6.45, 7) is 4.43. The summed E-state index contributed by atoms with van der Waals surface area (Å²) in [5.41, 5.74) is 2.78. The molecule has 16 heavy (non-hydrogen) atoms. The van der Waals surface area contributed by atoms with Crippen molar-refractivity contribution in [2.45, 2.75) is 28.5 Å². The highest BCUT2D eigenvalue weighted by Gasteiger charge is 2.52. The smallest absolute Gasteiger partial charge is 0.241 e. The van der Waals surface area contributed by atoms with Crippen LogP contribution in [-0.2, 0) is 0 Å². The van der Waals surface area contributed by atoms with Gasteiger partial charge in [-0.3, -0.25) is 5.43 Å². The van der Waals surface area contributed by atoms with Crippen molar-refractivity contribution in [3.8, 4) is 0 Å². The zero-order valence-electron chi connectivity index (χ0n) is 8.78. The molecule has 0 spiro atoms. The molecule has 1 heterocycles. The summed E-state index contributed by atoms with van der Waals surface area (Å²) in [6.07, 6.45) is 0.703. The molecule has 0 aromatic rings. The lowest BCUT2D eigenvalue weighted by Crippen LogP contribution is -2.51. The third-order valence-electron chi connectivity index (χ3n) is 2.02. The lowest BCUT2D eigenvalue weighted by molar-refractivity contribution is 0.352. The summed E-state index contributed by atoms with van der Waals surface area (Å²) in [6, 6.07) is 0. The number of alkyl halides is 5. The number of amidine groups is 1. The molecule has 3 nitrogen and oxygen atoms in total. The fraction of sp³-hybridized carbons (Fsp3) is 0.875. The van der Waals surface area contributed by atoms with Crippen LogP contribution in [0, 0.1) is 5.92 Å². The second-order valence-corrected chi connectivity index (χ2v) is 7.48. The Bertz CT molecular complexity index is 284. The monoisotopic (exact) mass is 325 g/mol. The molecule has 0 saturated heterocycles. The van der Waals surface area contributed by atoms with E-state index in [9.17, 15) is 0 Å². The Labute approximate surface area is 120 Å². The minimum atomic E-state index is -1.82. The van der Waals surface area contributed by atoms with Crippen LogP contribution in [0.25, 0.3) is 0 Å². The zero-order valence-corrected chi connectivity index (χ0v) is 12.6. The summed E-state index contributed by atoms with van der Waals surface area (Å²) < 4.78 is -3.46. The van der Waals surface area contributed by atoms with Crippen molar-refractivity contribution in [1.82, 2.24) is 10.3 Å². The minimum Gasteiger partial charge on any atom is -0.304 e. The third-order valence-corrected chi connectivity index (χ3v) is 4.40. The third kappa shape index (κ3) is 3.14. The first-order valence-corrected chi connectivity index (χ1v) is 6.57. The van der Waals surface area contributed by atoms with Gasteiger partial charge in [0.2, 0.25) is 8.25 Å². The zero-order chi connectivity index (χ0) is 12.6. The van der Waals surface area contributed by atoms with Crippen LogP contribution >= 0.6 is 58.0 Å². The van der Waals surface area contributed by atoms with E-state index in [0.717, 1.165) is 0 Å². The molecule has 1 N–H and O–H groups in total. The summed E-state index contributed by atoms with van der Waals surface area (Å²) in [7, 11) is 0. The van der Waals surface area contributed by atoms with Gasteiger partial charge in [-0.25, -0.2) is 0 Å². The van der Waals surface area contributed by atoms with Crippen molar-refractivity contribution < 1.29 is 0 Å². The van der Waals surface area contributed by atoms with Crippen LogP contribution in [0.15, 0.2) is 5.10 Å². The Hall–Kier alpha value is 0.720. The van der Waals surface area contributed by atoms with Gasteiger partial charge in [0.1, 0.15) is 12.5 Å². The molecule has 1 aliphatic heterocycles. The molecule has 0 aliphatic carbocycles. The van der Waals surface area contributed by atoms with Crippen molar-refractivity contribution in [2.75, 3.05) is 6.67 Å². The van der Waals surface area contributed by atoms with Crippen LogP contribution in [-0.4, -0.2) is 25.7 Å². The van der Waals surface area contributed by atoms with E-state index < -0.39 is 8.25 Å². The average Bonchev–Trinajstić information content (AvgIpc) is 2.49. The normalized spacial score (nSPS) is 17.8. The van der Waals surface area contributed by atoms with Crippen LogP contribution in [0.5, 0.6) is 0 Å². The lowest BCUT2D eigenvalue weighted by atomic mass is 10.1. The van der Waals surface area contributed by atoms with E-state index in [1.54, 1.807) is 4.90 Å². The number of halogens is 5. The lowest BCUT2D eigenvalue weighted by Gasteiger charge is -2.37. The van der Waals surface area contributed by atoms with Crippen LogP contribution in [0.2, 0.25) is 0 Å². The van der Waals surface area contributed by atoms with Crippen LogP contribution in [0.1, 0.15) is 20.3 Å². The Morgan fingerprint density at radius 1 is 1.31 bits per heavy atom. The van der Waals surface area contributed by atoms with Gasteiger partial charge in [0.05, 0.1) is 0 Å². The fourth-order valence-electron chi connectivity index (χ4n) is 1.28. The fourth-order valence-corrected chi connectivity index (χ4v) is 1.91. The van der Waals surface area contributed by atoms with E-state index in [4.69, 9.17) is 58.0 Å². The molecule has 0 atom stereocenters. The first-order chi connectivity index (χ1) is 7.16. The number of nitrogens with one attached hydrogen (secondary N) is 1. The maximum absolute atomic E-state index is 6.07. The Morgan fingerprint density at radius 2 is 1.88 bits per heavy atom. The SMILES string of the molecule is CC(C)CC1=NNCN1C(Cl)(Cl)C(Cl)(Cl)Cl. The predicted molar refractivity (Wildman–Crippen MR) is 71.5 cm³/mol. The highest BCUT2D eigenvalue weighted by Crippen LogP contribution is 2.48. The van der Waals surface area contributed by atoms with Gasteiger partial charge in [-0.05, 0) is 5.92 Å². The second-order valence-electron chi connectivity index (χ2n) is 3.91. The van der Waals surface area contributed by atoms with Crippen molar-refractivity contribution in [1.29, 1.82) is 0 Å². The average molecular weight is 327 g/mol. The molecular weight excluding hydrogens is 315 g/mol. The molecule has 94 valence electrons. The van der Waals surface area contributed by atoms with E-state index in [2.05, 4.69) is 24.4 Å². The molecule has 0 aromatic heterocycles. The van der Waals surface area contributed by atoms with Crippen molar-refractivity contribution in [3.05, 3.63) is 0 Å². The van der Waals surface area contributed by atoms with Gasteiger partial charge >= 0.3 is 0 Å². The van der Waals surface area contributed by atoms with E-state index in [1.165, 1.54) is 0 Å². The standard InChI is InChI=1S/C8H12Cl5N3/c1-5(2)3-6-15-14-4-16(6)8(12,13)7(9,10)11/h5,14H,3-4H2,1-2H3.